The first-order chi connectivity index (χ1) is 16.5. The third-order valence-corrected chi connectivity index (χ3v) is 6.93. The van der Waals surface area contributed by atoms with Gasteiger partial charge in [0.2, 0.25) is 21.8 Å². The van der Waals surface area contributed by atoms with Crippen molar-refractivity contribution < 1.29 is 18.0 Å². The van der Waals surface area contributed by atoms with E-state index in [-0.39, 0.29) is 24.4 Å². The van der Waals surface area contributed by atoms with Gasteiger partial charge < -0.3 is 10.2 Å². The molecular weight excluding hydrogens is 462 g/mol. The fourth-order valence-electron chi connectivity index (χ4n) is 4.07. The van der Waals surface area contributed by atoms with Crippen LogP contribution in [0.4, 0.5) is 5.69 Å². The molecule has 2 amide bonds. The molecule has 0 fully saturated rings. The van der Waals surface area contributed by atoms with Crippen LogP contribution in [0.5, 0.6) is 0 Å². The number of hydrogen-bond acceptors (Lipinski definition) is 4. The van der Waals surface area contributed by atoms with Crippen molar-refractivity contribution in [1.29, 1.82) is 0 Å². The zero-order chi connectivity index (χ0) is 26.2. The monoisotopic (exact) mass is 501 g/mol. The highest BCUT2D eigenvalue weighted by Crippen LogP contribution is 2.29. The van der Waals surface area contributed by atoms with Crippen LogP contribution in [-0.4, -0.2) is 56.6 Å². The Morgan fingerprint density at radius 3 is 2.09 bits per heavy atom. The molecule has 0 aliphatic heterocycles. The van der Waals surface area contributed by atoms with E-state index in [4.69, 9.17) is 0 Å². The molecule has 0 saturated heterocycles. The van der Waals surface area contributed by atoms with Crippen LogP contribution in [-0.2, 0) is 26.0 Å². The van der Waals surface area contributed by atoms with Crippen LogP contribution >= 0.6 is 0 Å². The van der Waals surface area contributed by atoms with Gasteiger partial charge in [0.1, 0.15) is 12.6 Å². The number of sulfonamides is 1. The first-order valence-electron chi connectivity index (χ1n) is 12.2. The molecule has 8 heteroatoms. The first-order valence-corrected chi connectivity index (χ1v) is 14.0. The second kappa shape index (κ2) is 12.7. The van der Waals surface area contributed by atoms with Crippen LogP contribution in [0.15, 0.2) is 54.6 Å². The van der Waals surface area contributed by atoms with Gasteiger partial charge in [0.05, 0.1) is 11.9 Å². The van der Waals surface area contributed by atoms with E-state index in [0.717, 1.165) is 21.7 Å². The number of amides is 2. The van der Waals surface area contributed by atoms with Gasteiger partial charge in [0, 0.05) is 12.6 Å². The van der Waals surface area contributed by atoms with Crippen molar-refractivity contribution in [1.82, 2.24) is 10.2 Å². The van der Waals surface area contributed by atoms with Crippen LogP contribution in [0, 0.1) is 0 Å². The van der Waals surface area contributed by atoms with E-state index in [1.807, 2.05) is 77.1 Å². The summed E-state index contributed by atoms with van der Waals surface area (Å²) < 4.78 is 26.8. The van der Waals surface area contributed by atoms with Crippen molar-refractivity contribution >= 4 is 27.5 Å². The van der Waals surface area contributed by atoms with E-state index in [1.165, 1.54) is 4.90 Å². The van der Waals surface area contributed by atoms with Gasteiger partial charge >= 0.3 is 0 Å². The Balaban J connectivity index is 2.43. The van der Waals surface area contributed by atoms with Gasteiger partial charge in [-0.15, -0.1) is 0 Å². The largest absolute Gasteiger partial charge is 0.352 e. The fraction of sp³-hybridized carbons (Fsp3) is 0.481. The van der Waals surface area contributed by atoms with Crippen molar-refractivity contribution in [2.45, 2.75) is 65.5 Å². The minimum absolute atomic E-state index is 0.0694. The molecule has 2 aromatic carbocycles. The molecule has 35 heavy (non-hydrogen) atoms. The predicted molar refractivity (Wildman–Crippen MR) is 142 cm³/mol. The summed E-state index contributed by atoms with van der Waals surface area (Å²) >= 11 is 0. The van der Waals surface area contributed by atoms with Gasteiger partial charge in [-0.25, -0.2) is 8.42 Å². The molecule has 0 spiro atoms. The zero-order valence-corrected chi connectivity index (χ0v) is 22.5. The second-order valence-electron chi connectivity index (χ2n) is 9.39. The summed E-state index contributed by atoms with van der Waals surface area (Å²) in [6, 6.07) is 16.2. The number of nitrogens with zero attached hydrogens (tertiary/aromatic N) is 2. The lowest BCUT2D eigenvalue weighted by Gasteiger charge is -2.33. The minimum Gasteiger partial charge on any atom is -0.352 e. The number of carbonyl (C=O) groups excluding carboxylic acids is 2. The second-order valence-corrected chi connectivity index (χ2v) is 11.3. The Hall–Kier alpha value is -2.87. The number of anilines is 1. The van der Waals surface area contributed by atoms with Gasteiger partial charge in [-0.05, 0) is 49.8 Å². The lowest BCUT2D eigenvalue weighted by molar-refractivity contribution is -0.139. The summed E-state index contributed by atoms with van der Waals surface area (Å²) in [5.74, 6) is -0.576. The number of para-hydroxylation sites is 1. The number of rotatable bonds is 12. The summed E-state index contributed by atoms with van der Waals surface area (Å²) in [5, 5.41) is 2.90. The van der Waals surface area contributed by atoms with Crippen LogP contribution in [0.25, 0.3) is 0 Å². The van der Waals surface area contributed by atoms with E-state index in [9.17, 15) is 18.0 Å². The van der Waals surface area contributed by atoms with Crippen LogP contribution in [0.3, 0.4) is 0 Å². The van der Waals surface area contributed by atoms with Gasteiger partial charge in [0.15, 0.2) is 0 Å². The molecule has 2 rings (SSSR count). The maximum atomic E-state index is 13.7. The average Bonchev–Trinajstić information content (AvgIpc) is 2.79. The normalized spacial score (nSPS) is 12.5. The summed E-state index contributed by atoms with van der Waals surface area (Å²) in [7, 11) is -3.76. The van der Waals surface area contributed by atoms with E-state index in [2.05, 4.69) is 5.32 Å². The van der Waals surface area contributed by atoms with Crippen molar-refractivity contribution in [2.75, 3.05) is 23.7 Å². The summed E-state index contributed by atoms with van der Waals surface area (Å²) in [4.78, 5) is 28.2. The molecule has 192 valence electrons. The fourth-order valence-corrected chi connectivity index (χ4v) is 4.94. The third-order valence-electron chi connectivity index (χ3n) is 5.81. The molecule has 0 unspecified atom stereocenters. The molecular formula is C27H39N3O4S. The molecule has 1 N–H and O–H groups in total. The van der Waals surface area contributed by atoms with Crippen LogP contribution in [0.2, 0.25) is 0 Å². The van der Waals surface area contributed by atoms with Crippen molar-refractivity contribution in [3.63, 3.8) is 0 Å². The van der Waals surface area contributed by atoms with Crippen molar-refractivity contribution in [3.8, 4) is 0 Å². The SMILES string of the molecule is CC[C@@H](C(=O)NC(C)C)N(CCc1ccccc1)C(=O)CN(c1ccccc1C(C)C)S(C)(=O)=O. The van der Waals surface area contributed by atoms with Gasteiger partial charge in [-0.1, -0.05) is 69.3 Å². The average molecular weight is 502 g/mol. The molecule has 0 aliphatic carbocycles. The van der Waals surface area contributed by atoms with Crippen molar-refractivity contribution in [3.05, 3.63) is 65.7 Å². The lowest BCUT2D eigenvalue weighted by atomic mass is 10.0. The maximum Gasteiger partial charge on any atom is 0.244 e. The number of carbonyl (C=O) groups is 2. The zero-order valence-electron chi connectivity index (χ0n) is 21.7. The van der Waals surface area contributed by atoms with Crippen LogP contribution < -0.4 is 9.62 Å². The van der Waals surface area contributed by atoms with E-state index >= 15 is 0 Å². The maximum absolute atomic E-state index is 13.7. The molecule has 0 aromatic heterocycles. The summed E-state index contributed by atoms with van der Waals surface area (Å²) in [6.45, 7) is 9.49. The van der Waals surface area contributed by atoms with E-state index in [0.29, 0.717) is 25.1 Å². The number of benzene rings is 2. The van der Waals surface area contributed by atoms with Gasteiger partial charge in [-0.3, -0.25) is 13.9 Å². The van der Waals surface area contributed by atoms with E-state index in [1.54, 1.807) is 12.1 Å². The molecule has 7 nitrogen and oxygen atoms in total. The lowest BCUT2D eigenvalue weighted by Crippen LogP contribution is -2.54. The predicted octanol–water partition coefficient (Wildman–Crippen LogP) is 3.95. The molecule has 0 saturated carbocycles. The third kappa shape index (κ3) is 8.09. The summed E-state index contributed by atoms with van der Waals surface area (Å²) in [6.07, 6.45) is 2.08. The molecule has 0 aliphatic rings. The molecule has 2 aromatic rings. The minimum atomic E-state index is -3.76. The quantitative estimate of drug-likeness (QED) is 0.477. The first kappa shape index (κ1) is 28.4. The van der Waals surface area contributed by atoms with E-state index < -0.39 is 22.0 Å². The Morgan fingerprint density at radius 1 is 0.943 bits per heavy atom. The van der Waals surface area contributed by atoms with Crippen molar-refractivity contribution in [2.24, 2.45) is 0 Å². The molecule has 1 atom stereocenters. The van der Waals surface area contributed by atoms with Gasteiger partial charge in [-0.2, -0.15) is 0 Å². The smallest absolute Gasteiger partial charge is 0.244 e. The summed E-state index contributed by atoms with van der Waals surface area (Å²) in [5.41, 5.74) is 2.36. The highest BCUT2D eigenvalue weighted by Gasteiger charge is 2.32. The Kier molecular flexibility index (Phi) is 10.3. The Bertz CT molecular complexity index is 1080. The van der Waals surface area contributed by atoms with Gasteiger partial charge in [0.25, 0.3) is 0 Å². The number of hydrogen-bond donors (Lipinski definition) is 1. The molecule has 0 radical (unpaired) electrons. The highest BCUT2D eigenvalue weighted by atomic mass is 32.2. The standard InChI is InChI=1S/C27H39N3O4S/c1-7-24(27(32)28-21(4)5)29(18-17-22-13-9-8-10-14-22)26(31)19-30(35(6,33)34)25-16-12-11-15-23(25)20(2)3/h8-16,20-21,24H,7,17-19H2,1-6H3,(H,28,32)/t24-/m0/s1. The number of nitrogens with one attached hydrogen (secondary N) is 1. The Morgan fingerprint density at radius 2 is 1.54 bits per heavy atom. The topological polar surface area (TPSA) is 86.8 Å². The Labute approximate surface area is 210 Å². The highest BCUT2D eigenvalue weighted by molar-refractivity contribution is 7.92. The molecule has 0 heterocycles. The molecule has 0 bridgehead atoms. The van der Waals surface area contributed by atoms with Crippen LogP contribution in [0.1, 0.15) is 58.1 Å².